The van der Waals surface area contributed by atoms with Crippen LogP contribution in [0.15, 0.2) is 35.4 Å². The Hall–Kier alpha value is -2.61. The van der Waals surface area contributed by atoms with Crippen molar-refractivity contribution >= 4 is 18.4 Å². The molecule has 0 amide bonds. The molecule has 0 aliphatic heterocycles. The zero-order valence-electron chi connectivity index (χ0n) is 12.0. The van der Waals surface area contributed by atoms with Gasteiger partial charge in [-0.05, 0) is 49.8 Å². The molecular weight excluding hydrogens is 303 g/mol. The summed E-state index contributed by atoms with van der Waals surface area (Å²) in [5.41, 5.74) is 2.55. The van der Waals surface area contributed by atoms with E-state index in [9.17, 15) is 4.39 Å². The van der Waals surface area contributed by atoms with E-state index in [-0.39, 0.29) is 5.82 Å². The van der Waals surface area contributed by atoms with Gasteiger partial charge in [0.05, 0.1) is 11.9 Å². The maximum atomic E-state index is 12.9. The van der Waals surface area contributed by atoms with Crippen LogP contribution >= 0.6 is 12.2 Å². The van der Waals surface area contributed by atoms with Crippen LogP contribution in [-0.2, 0) is 0 Å². The topological polar surface area (TPSA) is 63.8 Å². The molecular formula is C14H13FN6S. The molecule has 0 radical (unpaired) electrons. The molecule has 0 fully saturated rings. The summed E-state index contributed by atoms with van der Waals surface area (Å²) >= 11 is 5.19. The largest absolute Gasteiger partial charge is 0.271 e. The van der Waals surface area contributed by atoms with Crippen LogP contribution in [0.2, 0.25) is 0 Å². The molecule has 112 valence electrons. The molecule has 0 aliphatic carbocycles. The van der Waals surface area contributed by atoms with E-state index < -0.39 is 0 Å². The van der Waals surface area contributed by atoms with Crippen molar-refractivity contribution < 1.29 is 4.39 Å². The molecule has 3 rings (SSSR count). The molecule has 2 aromatic heterocycles. The first kappa shape index (κ1) is 14.3. The summed E-state index contributed by atoms with van der Waals surface area (Å²) in [7, 11) is 0. The fraction of sp³-hybridized carbons (Fsp3) is 0.143. The van der Waals surface area contributed by atoms with Gasteiger partial charge in [0.25, 0.3) is 5.95 Å². The summed E-state index contributed by atoms with van der Waals surface area (Å²) in [6.07, 6.45) is 1.58. The molecule has 2 heterocycles. The molecule has 3 aromatic rings. The molecule has 22 heavy (non-hydrogen) atoms. The molecule has 0 saturated heterocycles. The lowest BCUT2D eigenvalue weighted by Gasteiger charge is -2.02. The Bertz CT molecular complexity index is 887. The molecule has 6 nitrogen and oxygen atoms in total. The van der Waals surface area contributed by atoms with Gasteiger partial charge in [-0.25, -0.2) is 14.2 Å². The number of aromatic nitrogens is 5. The van der Waals surface area contributed by atoms with Gasteiger partial charge in [-0.3, -0.25) is 0 Å². The maximum absolute atomic E-state index is 12.9. The van der Waals surface area contributed by atoms with Gasteiger partial charge in [0.1, 0.15) is 5.82 Å². The lowest BCUT2D eigenvalue weighted by Crippen LogP contribution is -2.07. The Balaban J connectivity index is 2.01. The van der Waals surface area contributed by atoms with Gasteiger partial charge in [-0.1, -0.05) is 12.1 Å². The van der Waals surface area contributed by atoms with E-state index in [2.05, 4.69) is 20.4 Å². The average molecular weight is 316 g/mol. The van der Waals surface area contributed by atoms with Gasteiger partial charge in [-0.2, -0.15) is 14.9 Å². The zero-order valence-corrected chi connectivity index (χ0v) is 12.8. The summed E-state index contributed by atoms with van der Waals surface area (Å²) in [5.74, 6) is 0.175. The van der Waals surface area contributed by atoms with E-state index in [4.69, 9.17) is 12.2 Å². The van der Waals surface area contributed by atoms with Crippen LogP contribution in [-0.4, -0.2) is 30.9 Å². The number of aryl methyl sites for hydroxylation is 2. The van der Waals surface area contributed by atoms with Gasteiger partial charge in [-0.15, -0.1) is 5.10 Å². The van der Waals surface area contributed by atoms with E-state index >= 15 is 0 Å². The smallest absolute Gasteiger partial charge is 0.248 e. The first-order valence-electron chi connectivity index (χ1n) is 6.55. The number of H-pyrrole nitrogens is 1. The van der Waals surface area contributed by atoms with Crippen molar-refractivity contribution in [1.82, 2.24) is 24.7 Å². The molecule has 0 atom stereocenters. The van der Waals surface area contributed by atoms with Gasteiger partial charge in [0.2, 0.25) is 4.77 Å². The first-order valence-corrected chi connectivity index (χ1v) is 6.96. The number of nitrogens with one attached hydrogen (secondary N) is 1. The standard InChI is InChI=1S/C14H13FN6S/c1-9-7-10(2)20(19-9)13-17-18-14(22)21(13)16-8-11-3-5-12(15)6-4-11/h3-8H,1-2H3,(H,18,22)/b16-8+. The predicted molar refractivity (Wildman–Crippen MR) is 83.4 cm³/mol. The van der Waals surface area contributed by atoms with Gasteiger partial charge >= 0.3 is 0 Å². The van der Waals surface area contributed by atoms with Crippen molar-refractivity contribution in [2.45, 2.75) is 13.8 Å². The first-order chi connectivity index (χ1) is 10.5. The number of nitrogens with zero attached hydrogens (tertiary/aromatic N) is 5. The van der Waals surface area contributed by atoms with Crippen molar-refractivity contribution in [3.05, 3.63) is 57.9 Å². The summed E-state index contributed by atoms with van der Waals surface area (Å²) < 4.78 is 16.4. The normalized spacial score (nSPS) is 11.4. The molecule has 0 unspecified atom stereocenters. The summed E-state index contributed by atoms with van der Waals surface area (Å²) in [6, 6.07) is 7.94. The third-order valence-corrected chi connectivity index (χ3v) is 3.29. The highest BCUT2D eigenvalue weighted by Crippen LogP contribution is 2.10. The van der Waals surface area contributed by atoms with E-state index in [0.717, 1.165) is 17.0 Å². The molecule has 0 spiro atoms. The number of rotatable bonds is 3. The van der Waals surface area contributed by atoms with Crippen LogP contribution in [0.4, 0.5) is 4.39 Å². The third-order valence-electron chi connectivity index (χ3n) is 3.02. The van der Waals surface area contributed by atoms with Crippen molar-refractivity contribution in [2.24, 2.45) is 5.10 Å². The fourth-order valence-electron chi connectivity index (χ4n) is 2.03. The summed E-state index contributed by atoms with van der Waals surface area (Å²) in [6.45, 7) is 3.82. The Morgan fingerprint density at radius 1 is 1.27 bits per heavy atom. The van der Waals surface area contributed by atoms with Crippen LogP contribution < -0.4 is 0 Å². The fourth-order valence-corrected chi connectivity index (χ4v) is 2.20. The summed E-state index contributed by atoms with van der Waals surface area (Å²) in [5, 5.41) is 15.5. The highest BCUT2D eigenvalue weighted by molar-refractivity contribution is 7.71. The maximum Gasteiger partial charge on any atom is 0.271 e. The average Bonchev–Trinajstić information content (AvgIpc) is 3.00. The minimum atomic E-state index is -0.291. The zero-order chi connectivity index (χ0) is 15.7. The van der Waals surface area contributed by atoms with E-state index in [0.29, 0.717) is 10.7 Å². The molecule has 0 aliphatic rings. The Morgan fingerprint density at radius 2 is 2.00 bits per heavy atom. The van der Waals surface area contributed by atoms with Gasteiger partial charge in [0, 0.05) is 5.69 Å². The molecule has 0 bridgehead atoms. The lowest BCUT2D eigenvalue weighted by atomic mass is 10.2. The van der Waals surface area contributed by atoms with Crippen LogP contribution in [0, 0.1) is 24.4 Å². The van der Waals surface area contributed by atoms with Gasteiger partial charge in [0.15, 0.2) is 0 Å². The van der Waals surface area contributed by atoms with Crippen LogP contribution in [0.3, 0.4) is 0 Å². The molecule has 8 heteroatoms. The molecule has 1 N–H and O–H groups in total. The second-order valence-corrected chi connectivity index (χ2v) is 5.16. The van der Waals surface area contributed by atoms with E-state index in [1.807, 2.05) is 19.9 Å². The van der Waals surface area contributed by atoms with E-state index in [1.54, 1.807) is 23.0 Å². The highest BCUT2D eigenvalue weighted by Gasteiger charge is 2.11. The Labute approximate surface area is 130 Å². The summed E-state index contributed by atoms with van der Waals surface area (Å²) in [4.78, 5) is 0. The minimum Gasteiger partial charge on any atom is -0.248 e. The Morgan fingerprint density at radius 3 is 2.64 bits per heavy atom. The molecule has 1 aromatic carbocycles. The van der Waals surface area contributed by atoms with Gasteiger partial charge < -0.3 is 0 Å². The number of aromatic amines is 1. The van der Waals surface area contributed by atoms with E-state index in [1.165, 1.54) is 16.8 Å². The van der Waals surface area contributed by atoms with Crippen molar-refractivity contribution in [1.29, 1.82) is 0 Å². The minimum absolute atomic E-state index is 0.291. The number of hydrogen-bond donors (Lipinski definition) is 1. The van der Waals surface area contributed by atoms with Crippen LogP contribution in [0.1, 0.15) is 17.0 Å². The lowest BCUT2D eigenvalue weighted by molar-refractivity contribution is 0.628. The second kappa shape index (κ2) is 5.64. The predicted octanol–water partition coefficient (Wildman–Crippen LogP) is 2.76. The van der Waals surface area contributed by atoms with Crippen molar-refractivity contribution in [2.75, 3.05) is 0 Å². The highest BCUT2D eigenvalue weighted by atomic mass is 32.1. The number of halogens is 1. The second-order valence-electron chi connectivity index (χ2n) is 4.78. The number of benzene rings is 1. The SMILES string of the molecule is Cc1cc(C)n(-c2n[nH]c(=S)n2/N=C/c2ccc(F)cc2)n1. The van der Waals surface area contributed by atoms with Crippen molar-refractivity contribution in [3.63, 3.8) is 0 Å². The monoisotopic (exact) mass is 316 g/mol. The third kappa shape index (κ3) is 2.73. The number of hydrogen-bond acceptors (Lipinski definition) is 4. The molecule has 0 saturated carbocycles. The van der Waals surface area contributed by atoms with Crippen LogP contribution in [0.25, 0.3) is 5.95 Å². The quantitative estimate of drug-likeness (QED) is 0.597. The Kier molecular flexibility index (Phi) is 3.68. The van der Waals surface area contributed by atoms with Crippen LogP contribution in [0.5, 0.6) is 0 Å². The van der Waals surface area contributed by atoms with Crippen molar-refractivity contribution in [3.8, 4) is 5.95 Å².